The van der Waals surface area contributed by atoms with E-state index in [-0.39, 0.29) is 11.5 Å². The summed E-state index contributed by atoms with van der Waals surface area (Å²) in [5.41, 5.74) is 14.4. The van der Waals surface area contributed by atoms with E-state index in [4.69, 9.17) is 11.5 Å². The Morgan fingerprint density at radius 2 is 1.67 bits per heavy atom. The van der Waals surface area contributed by atoms with Gasteiger partial charge in [0.1, 0.15) is 11.5 Å². The molecule has 0 atom stereocenters. The van der Waals surface area contributed by atoms with Gasteiger partial charge in [-0.25, -0.2) is 0 Å². The van der Waals surface area contributed by atoms with E-state index in [9.17, 15) is 10.2 Å². The Morgan fingerprint density at radius 3 is 2.39 bits per heavy atom. The number of benzene rings is 2. The van der Waals surface area contributed by atoms with Crippen molar-refractivity contribution in [2.45, 2.75) is 6.92 Å². The second kappa shape index (κ2) is 4.37. The molecule has 0 heterocycles. The summed E-state index contributed by atoms with van der Waals surface area (Å²) in [5, 5.41) is 22.1. The second-order valence-corrected chi connectivity index (χ2v) is 4.07. The summed E-state index contributed by atoms with van der Waals surface area (Å²) in [4.78, 5) is 0. The molecule has 5 nitrogen and oxygen atoms in total. The SMILES string of the molecule is Cc1c(O)ccc(N)c1Nc1cc(O)ccc1N. The van der Waals surface area contributed by atoms with Crippen LogP contribution in [0.1, 0.15) is 5.56 Å². The molecule has 0 bridgehead atoms. The van der Waals surface area contributed by atoms with Crippen molar-refractivity contribution in [2.75, 3.05) is 16.8 Å². The Morgan fingerprint density at radius 1 is 1.00 bits per heavy atom. The second-order valence-electron chi connectivity index (χ2n) is 4.07. The van der Waals surface area contributed by atoms with E-state index in [2.05, 4.69) is 5.32 Å². The highest BCUT2D eigenvalue weighted by molar-refractivity contribution is 5.82. The van der Waals surface area contributed by atoms with Crippen molar-refractivity contribution in [1.82, 2.24) is 0 Å². The molecule has 5 heteroatoms. The van der Waals surface area contributed by atoms with Gasteiger partial charge in [-0.05, 0) is 31.2 Å². The minimum Gasteiger partial charge on any atom is -0.508 e. The number of nitrogen functional groups attached to an aromatic ring is 2. The fraction of sp³-hybridized carbons (Fsp3) is 0.0769. The number of phenols is 2. The smallest absolute Gasteiger partial charge is 0.120 e. The van der Waals surface area contributed by atoms with Gasteiger partial charge in [0.05, 0.1) is 22.7 Å². The maximum atomic E-state index is 9.65. The highest BCUT2D eigenvalue weighted by Gasteiger charge is 2.09. The predicted molar refractivity (Wildman–Crippen MR) is 73.1 cm³/mol. The minimum absolute atomic E-state index is 0.100. The van der Waals surface area contributed by atoms with Crippen LogP contribution in [0.5, 0.6) is 11.5 Å². The van der Waals surface area contributed by atoms with Gasteiger partial charge >= 0.3 is 0 Å². The average molecular weight is 245 g/mol. The Labute approximate surface area is 105 Å². The molecule has 0 unspecified atom stereocenters. The lowest BCUT2D eigenvalue weighted by atomic mass is 10.1. The molecule has 0 aliphatic heterocycles. The first-order valence-corrected chi connectivity index (χ1v) is 5.42. The molecule has 0 aliphatic rings. The number of rotatable bonds is 2. The van der Waals surface area contributed by atoms with Gasteiger partial charge < -0.3 is 27.0 Å². The zero-order chi connectivity index (χ0) is 13.3. The monoisotopic (exact) mass is 245 g/mol. The van der Waals surface area contributed by atoms with Gasteiger partial charge in [0.15, 0.2) is 0 Å². The molecule has 0 aromatic heterocycles. The molecule has 18 heavy (non-hydrogen) atoms. The fourth-order valence-corrected chi connectivity index (χ4v) is 1.67. The molecule has 2 rings (SSSR count). The largest absolute Gasteiger partial charge is 0.508 e. The van der Waals surface area contributed by atoms with Gasteiger partial charge in [-0.1, -0.05) is 0 Å². The lowest BCUT2D eigenvalue weighted by molar-refractivity contribution is 0.471. The first-order valence-electron chi connectivity index (χ1n) is 5.42. The van der Waals surface area contributed by atoms with Crippen LogP contribution in [0.15, 0.2) is 30.3 Å². The van der Waals surface area contributed by atoms with Crippen molar-refractivity contribution >= 4 is 22.7 Å². The number of nitrogens with two attached hydrogens (primary N) is 2. The summed E-state index contributed by atoms with van der Waals surface area (Å²) in [5.74, 6) is 0.244. The lowest BCUT2D eigenvalue weighted by Gasteiger charge is -2.15. The van der Waals surface area contributed by atoms with Crippen molar-refractivity contribution in [3.05, 3.63) is 35.9 Å². The van der Waals surface area contributed by atoms with Crippen LogP contribution in [-0.4, -0.2) is 10.2 Å². The van der Waals surface area contributed by atoms with Crippen LogP contribution in [-0.2, 0) is 0 Å². The molecule has 2 aromatic carbocycles. The maximum Gasteiger partial charge on any atom is 0.120 e. The molecule has 94 valence electrons. The van der Waals surface area contributed by atoms with Crippen molar-refractivity contribution in [2.24, 2.45) is 0 Å². The Balaban J connectivity index is 2.46. The first kappa shape index (κ1) is 11.9. The third kappa shape index (κ3) is 2.10. The number of nitrogens with one attached hydrogen (secondary N) is 1. The molecule has 0 saturated heterocycles. The summed E-state index contributed by atoms with van der Waals surface area (Å²) >= 11 is 0. The van der Waals surface area contributed by atoms with Gasteiger partial charge in [-0.2, -0.15) is 0 Å². The molecule has 0 fully saturated rings. The Bertz CT molecular complexity index is 597. The molecule has 0 amide bonds. The summed E-state index contributed by atoms with van der Waals surface area (Å²) in [6.07, 6.45) is 0. The number of phenolic OH excluding ortho intramolecular Hbond substituents is 2. The summed E-state index contributed by atoms with van der Waals surface area (Å²) in [7, 11) is 0. The van der Waals surface area contributed by atoms with Gasteiger partial charge in [0, 0.05) is 11.6 Å². The molecule has 2 aromatic rings. The van der Waals surface area contributed by atoms with Crippen LogP contribution < -0.4 is 16.8 Å². The van der Waals surface area contributed by atoms with E-state index in [1.165, 1.54) is 18.2 Å². The topological polar surface area (TPSA) is 105 Å². The van der Waals surface area contributed by atoms with Gasteiger partial charge in [0.2, 0.25) is 0 Å². The Hall–Kier alpha value is -2.56. The normalized spacial score (nSPS) is 10.3. The van der Waals surface area contributed by atoms with E-state index in [0.717, 1.165) is 0 Å². The molecule has 0 radical (unpaired) electrons. The van der Waals surface area contributed by atoms with E-state index < -0.39 is 0 Å². The fourth-order valence-electron chi connectivity index (χ4n) is 1.67. The predicted octanol–water partition coefficient (Wildman–Crippen LogP) is 2.31. The molecule has 7 N–H and O–H groups in total. The van der Waals surface area contributed by atoms with E-state index in [0.29, 0.717) is 28.3 Å². The number of anilines is 4. The van der Waals surface area contributed by atoms with Crippen molar-refractivity contribution < 1.29 is 10.2 Å². The Kier molecular flexibility index (Phi) is 2.89. The average Bonchev–Trinajstić information content (AvgIpc) is 2.34. The van der Waals surface area contributed by atoms with Crippen molar-refractivity contribution in [3.8, 4) is 11.5 Å². The van der Waals surface area contributed by atoms with Gasteiger partial charge in [0.25, 0.3) is 0 Å². The summed E-state index contributed by atoms with van der Waals surface area (Å²) < 4.78 is 0. The number of hydrogen-bond donors (Lipinski definition) is 5. The molecule has 0 saturated carbocycles. The van der Waals surface area contributed by atoms with Crippen molar-refractivity contribution in [1.29, 1.82) is 0 Å². The van der Waals surface area contributed by atoms with Crippen molar-refractivity contribution in [3.63, 3.8) is 0 Å². The van der Waals surface area contributed by atoms with Gasteiger partial charge in [-0.15, -0.1) is 0 Å². The highest BCUT2D eigenvalue weighted by atomic mass is 16.3. The van der Waals surface area contributed by atoms with E-state index >= 15 is 0 Å². The third-order valence-electron chi connectivity index (χ3n) is 2.77. The summed E-state index contributed by atoms with van der Waals surface area (Å²) in [6.45, 7) is 1.74. The first-order chi connectivity index (χ1) is 8.49. The molecule has 0 aliphatic carbocycles. The summed E-state index contributed by atoms with van der Waals surface area (Å²) in [6, 6.07) is 7.72. The van der Waals surface area contributed by atoms with E-state index in [1.54, 1.807) is 19.1 Å². The third-order valence-corrected chi connectivity index (χ3v) is 2.77. The number of hydrogen-bond acceptors (Lipinski definition) is 5. The van der Waals surface area contributed by atoms with Crippen LogP contribution in [0, 0.1) is 6.92 Å². The van der Waals surface area contributed by atoms with Crippen LogP contribution in [0.2, 0.25) is 0 Å². The quantitative estimate of drug-likeness (QED) is 0.412. The number of aromatic hydroxyl groups is 2. The zero-order valence-electron chi connectivity index (χ0n) is 9.94. The molecular formula is C13H15N3O2. The lowest BCUT2D eigenvalue weighted by Crippen LogP contribution is -2.01. The standard InChI is InChI=1S/C13H15N3O2/c1-7-12(18)5-4-10(15)13(7)16-11-6-8(17)2-3-9(11)14/h2-6,16-18H,14-15H2,1H3. The van der Waals surface area contributed by atoms with E-state index in [1.807, 2.05) is 0 Å². The van der Waals surface area contributed by atoms with Crippen LogP contribution in [0.4, 0.5) is 22.7 Å². The van der Waals surface area contributed by atoms with Gasteiger partial charge in [-0.3, -0.25) is 0 Å². The van der Waals surface area contributed by atoms with Crippen LogP contribution >= 0.6 is 0 Å². The molecular weight excluding hydrogens is 230 g/mol. The molecule has 0 spiro atoms. The zero-order valence-corrected chi connectivity index (χ0v) is 9.94. The van der Waals surface area contributed by atoms with Crippen LogP contribution in [0.25, 0.3) is 0 Å². The maximum absolute atomic E-state index is 9.65. The highest BCUT2D eigenvalue weighted by Crippen LogP contribution is 2.35. The van der Waals surface area contributed by atoms with Crippen LogP contribution in [0.3, 0.4) is 0 Å². The minimum atomic E-state index is 0.100.